The molecule has 0 bridgehead atoms. The maximum absolute atomic E-state index is 6.01. The minimum absolute atomic E-state index is 0.529. The van der Waals surface area contributed by atoms with Crippen molar-refractivity contribution in [3.05, 3.63) is 42.1 Å². The molecule has 0 saturated carbocycles. The maximum atomic E-state index is 6.01. The zero-order chi connectivity index (χ0) is 14.1. The van der Waals surface area contributed by atoms with Crippen LogP contribution in [-0.4, -0.2) is 15.2 Å². The lowest BCUT2D eigenvalue weighted by Crippen LogP contribution is -1.99. The Morgan fingerprint density at radius 1 is 1.20 bits per heavy atom. The van der Waals surface area contributed by atoms with E-state index < -0.39 is 0 Å². The van der Waals surface area contributed by atoms with E-state index in [0.29, 0.717) is 11.7 Å². The summed E-state index contributed by atoms with van der Waals surface area (Å²) in [5.74, 6) is 1.12. The van der Waals surface area contributed by atoms with Gasteiger partial charge < -0.3 is 5.73 Å². The van der Waals surface area contributed by atoms with Gasteiger partial charge in [-0.2, -0.15) is 5.10 Å². The minimum atomic E-state index is 0.529. The number of nitrogens with two attached hydrogens (primary N) is 1. The second-order valence-electron chi connectivity index (χ2n) is 5.44. The Kier molecular flexibility index (Phi) is 3.14. The van der Waals surface area contributed by atoms with E-state index in [0.717, 1.165) is 34.1 Å². The second-order valence-corrected chi connectivity index (χ2v) is 5.44. The minimum Gasteiger partial charge on any atom is -0.382 e. The molecule has 0 aliphatic heterocycles. The highest BCUT2D eigenvalue weighted by molar-refractivity contribution is 5.94. The largest absolute Gasteiger partial charge is 0.382 e. The van der Waals surface area contributed by atoms with E-state index in [4.69, 9.17) is 5.73 Å². The monoisotopic (exact) mass is 266 g/mol. The van der Waals surface area contributed by atoms with Gasteiger partial charge in [0.1, 0.15) is 5.82 Å². The molecule has 2 heterocycles. The highest BCUT2D eigenvalue weighted by Gasteiger charge is 2.15. The second kappa shape index (κ2) is 4.96. The predicted octanol–water partition coefficient (Wildman–Crippen LogP) is 3.41. The molecule has 0 saturated heterocycles. The Bertz CT molecular complexity index is 738. The summed E-state index contributed by atoms with van der Waals surface area (Å²) >= 11 is 0. The highest BCUT2D eigenvalue weighted by atomic mass is 15.2. The standard InChI is InChI=1S/C16H18N4/c1-10(2)9-13-15(19-20-16(13)17)12-5-3-7-14-11(12)6-4-8-18-14/h3-8,10H,9H2,1-2H3,(H3,17,19,20). The predicted molar refractivity (Wildman–Crippen MR) is 82.3 cm³/mol. The van der Waals surface area contributed by atoms with Crippen molar-refractivity contribution in [1.29, 1.82) is 0 Å². The van der Waals surface area contributed by atoms with Crippen LogP contribution in [0.3, 0.4) is 0 Å². The first-order valence-electron chi connectivity index (χ1n) is 6.83. The number of aromatic nitrogens is 3. The molecule has 1 aromatic carbocycles. The smallest absolute Gasteiger partial charge is 0.149 e. The molecule has 20 heavy (non-hydrogen) atoms. The number of rotatable bonds is 3. The number of pyridine rings is 1. The van der Waals surface area contributed by atoms with Crippen LogP contribution in [0.4, 0.5) is 5.82 Å². The number of nitrogens with zero attached hydrogens (tertiary/aromatic N) is 2. The van der Waals surface area contributed by atoms with E-state index in [1.165, 1.54) is 0 Å². The summed E-state index contributed by atoms with van der Waals surface area (Å²) in [6, 6.07) is 10.1. The lowest BCUT2D eigenvalue weighted by molar-refractivity contribution is 0.649. The van der Waals surface area contributed by atoms with Gasteiger partial charge in [0.05, 0.1) is 11.2 Å². The Morgan fingerprint density at radius 2 is 2.05 bits per heavy atom. The van der Waals surface area contributed by atoms with Crippen LogP contribution in [-0.2, 0) is 6.42 Å². The summed E-state index contributed by atoms with van der Waals surface area (Å²) in [5, 5.41) is 8.38. The van der Waals surface area contributed by atoms with Gasteiger partial charge in [-0.3, -0.25) is 10.1 Å². The van der Waals surface area contributed by atoms with E-state index >= 15 is 0 Å². The highest BCUT2D eigenvalue weighted by Crippen LogP contribution is 2.32. The van der Waals surface area contributed by atoms with E-state index in [1.54, 1.807) is 0 Å². The number of nitrogens with one attached hydrogen (secondary N) is 1. The number of nitrogen functional groups attached to an aromatic ring is 1. The number of hydrogen-bond donors (Lipinski definition) is 2. The summed E-state index contributed by atoms with van der Waals surface area (Å²) in [5.41, 5.74) is 10.2. The van der Waals surface area contributed by atoms with Crippen molar-refractivity contribution in [2.45, 2.75) is 20.3 Å². The first-order valence-corrected chi connectivity index (χ1v) is 6.83. The van der Waals surface area contributed by atoms with Gasteiger partial charge in [0.2, 0.25) is 0 Å². The summed E-state index contributed by atoms with van der Waals surface area (Å²) in [6.07, 6.45) is 2.72. The summed E-state index contributed by atoms with van der Waals surface area (Å²) in [7, 11) is 0. The first kappa shape index (κ1) is 12.7. The van der Waals surface area contributed by atoms with Crippen molar-refractivity contribution in [2.75, 3.05) is 5.73 Å². The molecule has 4 heteroatoms. The first-order chi connectivity index (χ1) is 9.66. The fraction of sp³-hybridized carbons (Fsp3) is 0.250. The molecule has 0 atom stereocenters. The van der Waals surface area contributed by atoms with Gasteiger partial charge in [0, 0.05) is 22.7 Å². The van der Waals surface area contributed by atoms with Gasteiger partial charge in [0.25, 0.3) is 0 Å². The average Bonchev–Trinajstić information content (AvgIpc) is 2.79. The zero-order valence-corrected chi connectivity index (χ0v) is 11.7. The molecule has 102 valence electrons. The quantitative estimate of drug-likeness (QED) is 0.763. The number of H-pyrrole nitrogens is 1. The summed E-state index contributed by atoms with van der Waals surface area (Å²) in [4.78, 5) is 4.40. The maximum Gasteiger partial charge on any atom is 0.149 e. The van der Waals surface area contributed by atoms with Crippen molar-refractivity contribution in [1.82, 2.24) is 15.2 Å². The van der Waals surface area contributed by atoms with Gasteiger partial charge in [-0.1, -0.05) is 32.0 Å². The van der Waals surface area contributed by atoms with E-state index in [-0.39, 0.29) is 0 Å². The van der Waals surface area contributed by atoms with Crippen LogP contribution in [0.2, 0.25) is 0 Å². The molecule has 0 fully saturated rings. The number of hydrogen-bond acceptors (Lipinski definition) is 3. The third-order valence-corrected chi connectivity index (χ3v) is 3.43. The molecule has 3 aromatic rings. The van der Waals surface area contributed by atoms with Crippen molar-refractivity contribution in [2.24, 2.45) is 5.92 Å². The number of aromatic amines is 1. The van der Waals surface area contributed by atoms with Gasteiger partial charge in [-0.05, 0) is 24.5 Å². The molecular weight excluding hydrogens is 248 g/mol. The topological polar surface area (TPSA) is 67.6 Å². The molecule has 0 spiro atoms. The fourth-order valence-electron chi connectivity index (χ4n) is 2.54. The molecule has 0 amide bonds. The Hall–Kier alpha value is -2.36. The molecular formula is C16H18N4. The molecule has 0 radical (unpaired) electrons. The van der Waals surface area contributed by atoms with E-state index in [1.807, 2.05) is 24.4 Å². The molecule has 4 nitrogen and oxygen atoms in total. The zero-order valence-electron chi connectivity index (χ0n) is 11.7. The molecule has 0 unspecified atom stereocenters. The fourth-order valence-corrected chi connectivity index (χ4v) is 2.54. The van der Waals surface area contributed by atoms with Gasteiger partial charge >= 0.3 is 0 Å². The third kappa shape index (κ3) is 2.13. The van der Waals surface area contributed by atoms with E-state index in [2.05, 4.69) is 41.2 Å². The molecule has 2 aromatic heterocycles. The Morgan fingerprint density at radius 3 is 2.85 bits per heavy atom. The lowest BCUT2D eigenvalue weighted by atomic mass is 9.97. The normalized spacial score (nSPS) is 11.3. The Balaban J connectivity index is 2.21. The van der Waals surface area contributed by atoms with Crippen molar-refractivity contribution >= 4 is 16.7 Å². The molecule has 0 aliphatic carbocycles. The molecule has 0 aliphatic rings. The van der Waals surface area contributed by atoms with Crippen molar-refractivity contribution in [3.63, 3.8) is 0 Å². The Labute approximate surface area is 118 Å². The SMILES string of the molecule is CC(C)Cc1c(N)n[nH]c1-c1cccc2ncccc12. The van der Waals surface area contributed by atoms with E-state index in [9.17, 15) is 0 Å². The van der Waals surface area contributed by atoms with Crippen LogP contribution in [0.15, 0.2) is 36.5 Å². The third-order valence-electron chi connectivity index (χ3n) is 3.43. The number of benzene rings is 1. The number of fused-ring (bicyclic) bond motifs is 1. The summed E-state index contributed by atoms with van der Waals surface area (Å²) < 4.78 is 0. The van der Waals surface area contributed by atoms with Gasteiger partial charge in [-0.25, -0.2) is 0 Å². The number of anilines is 1. The molecule has 3 N–H and O–H groups in total. The van der Waals surface area contributed by atoms with Crippen LogP contribution in [0, 0.1) is 5.92 Å². The van der Waals surface area contributed by atoms with Crippen molar-refractivity contribution in [3.8, 4) is 11.3 Å². The molecule has 3 rings (SSSR count). The average molecular weight is 266 g/mol. The van der Waals surface area contributed by atoms with Gasteiger partial charge in [-0.15, -0.1) is 0 Å². The van der Waals surface area contributed by atoms with Crippen molar-refractivity contribution < 1.29 is 0 Å². The van der Waals surface area contributed by atoms with Crippen LogP contribution in [0.5, 0.6) is 0 Å². The van der Waals surface area contributed by atoms with Crippen LogP contribution < -0.4 is 5.73 Å². The van der Waals surface area contributed by atoms with Crippen LogP contribution in [0.1, 0.15) is 19.4 Å². The van der Waals surface area contributed by atoms with Gasteiger partial charge in [0.15, 0.2) is 0 Å². The summed E-state index contributed by atoms with van der Waals surface area (Å²) in [6.45, 7) is 4.36. The lowest BCUT2D eigenvalue weighted by Gasteiger charge is -2.09. The van der Waals surface area contributed by atoms with Crippen LogP contribution in [0.25, 0.3) is 22.2 Å². The van der Waals surface area contributed by atoms with Crippen LogP contribution >= 0.6 is 0 Å².